The van der Waals surface area contributed by atoms with Crippen molar-refractivity contribution in [2.45, 2.75) is 44.5 Å². The van der Waals surface area contributed by atoms with Crippen LogP contribution in [0.1, 0.15) is 25.1 Å². The van der Waals surface area contributed by atoms with Gasteiger partial charge in [-0.05, 0) is 35.4 Å². The van der Waals surface area contributed by atoms with Gasteiger partial charge in [0.2, 0.25) is 0 Å². The molecule has 0 bridgehead atoms. The van der Waals surface area contributed by atoms with Crippen molar-refractivity contribution in [3.8, 4) is 39.5 Å². The molecule has 58 heavy (non-hydrogen) atoms. The molecule has 5 aromatic carbocycles. The van der Waals surface area contributed by atoms with Gasteiger partial charge in [0.1, 0.15) is 17.3 Å². The number of halogens is 2. The Bertz CT molecular complexity index is 2860. The van der Waals surface area contributed by atoms with E-state index < -0.39 is 24.9 Å². The number of fused-ring (bicyclic) bond motifs is 4. The van der Waals surface area contributed by atoms with Gasteiger partial charge in [0.25, 0.3) is 0 Å². The Balaban J connectivity index is 0.000000174. The number of pyridine rings is 2. The minimum atomic E-state index is -1.99. The molecule has 4 aromatic heterocycles. The summed E-state index contributed by atoms with van der Waals surface area (Å²) in [5.41, 5.74) is 8.79. The molecule has 0 fully saturated rings. The molecule has 9 rings (SSSR count). The molecular weight excluding hydrogens is 963 g/mol. The van der Waals surface area contributed by atoms with Gasteiger partial charge in [0.05, 0.1) is 16.9 Å². The van der Waals surface area contributed by atoms with E-state index >= 15 is 8.78 Å². The minimum Gasteiger partial charge on any atom is -0.328 e. The van der Waals surface area contributed by atoms with Gasteiger partial charge in [-0.25, -0.2) is 8.78 Å². The molecular formula is C49H42F2GeIrN4O-2. The molecule has 0 aliphatic heterocycles. The van der Waals surface area contributed by atoms with Gasteiger partial charge in [-0.3, -0.25) is 4.98 Å². The fraction of sp³-hybridized carbons (Fsp3) is 0.163. The largest absolute Gasteiger partial charge is 0.328 e. The van der Waals surface area contributed by atoms with Crippen LogP contribution in [0.25, 0.3) is 72.6 Å². The molecule has 0 N–H and O–H groups in total. The summed E-state index contributed by atoms with van der Waals surface area (Å²) in [4.78, 5) is 14.0. The van der Waals surface area contributed by atoms with E-state index in [2.05, 4.69) is 77.6 Å². The summed E-state index contributed by atoms with van der Waals surface area (Å²) < 4.78 is 39.8. The van der Waals surface area contributed by atoms with Gasteiger partial charge in [0.15, 0.2) is 0 Å². The van der Waals surface area contributed by atoms with Gasteiger partial charge in [0, 0.05) is 20.1 Å². The first-order chi connectivity index (χ1) is 27.5. The van der Waals surface area contributed by atoms with Crippen LogP contribution in [0.15, 0.2) is 132 Å². The standard InChI is InChI=1S/C25H15F2N2.C24H27GeN2O.Ir/c26-20-15-19(17-9-3-1-4-10-17)16-21(27)24(20)29-23-14-8-7-13-22(23)28-25(29)18-11-5-2-6-12-18;1-15(2)12-17-13-22(26-14-21(17)25(4,5)6)20-9-7-8-18-19-11-10-16(3)27-24(19)28-23(18)20;/h1-11,13-16H;7-8,10-11,13-15H,12H2,1-6H3;/q2*-1;. The molecule has 0 aliphatic carbocycles. The number of furan rings is 1. The first kappa shape index (κ1) is 40.9. The number of nitrogens with zero attached hydrogens (tertiary/aromatic N) is 4. The minimum absolute atomic E-state index is 0. The summed E-state index contributed by atoms with van der Waals surface area (Å²) in [6.07, 6.45) is 3.19. The van der Waals surface area contributed by atoms with Crippen molar-refractivity contribution in [3.63, 3.8) is 0 Å². The number of hydrogen-bond acceptors (Lipinski definition) is 4. The van der Waals surface area contributed by atoms with E-state index in [9.17, 15) is 0 Å². The first-order valence-electron chi connectivity index (χ1n) is 19.2. The van der Waals surface area contributed by atoms with Crippen LogP contribution in [0.3, 0.4) is 0 Å². The number of hydrogen-bond donors (Lipinski definition) is 0. The van der Waals surface area contributed by atoms with Crippen LogP contribution in [-0.2, 0) is 26.5 Å². The Hall–Kier alpha value is -5.28. The molecule has 0 atom stereocenters. The number of imidazole rings is 1. The molecule has 9 heteroatoms. The van der Waals surface area contributed by atoms with E-state index in [-0.39, 0.29) is 25.8 Å². The Morgan fingerprint density at radius 2 is 1.48 bits per heavy atom. The number of para-hydroxylation sites is 2. The van der Waals surface area contributed by atoms with E-state index in [0.29, 0.717) is 39.6 Å². The van der Waals surface area contributed by atoms with Crippen molar-refractivity contribution in [2.24, 2.45) is 5.92 Å². The summed E-state index contributed by atoms with van der Waals surface area (Å²) in [7, 11) is 0. The average Bonchev–Trinajstić information content (AvgIpc) is 3.76. The third kappa shape index (κ3) is 8.19. The van der Waals surface area contributed by atoms with Crippen LogP contribution in [0.5, 0.6) is 0 Å². The summed E-state index contributed by atoms with van der Waals surface area (Å²) in [6, 6.07) is 43.4. The van der Waals surface area contributed by atoms with Crippen molar-refractivity contribution < 1.29 is 33.3 Å². The normalized spacial score (nSPS) is 11.5. The number of rotatable bonds is 7. The van der Waals surface area contributed by atoms with Gasteiger partial charge in [-0.1, -0.05) is 42.5 Å². The monoisotopic (exact) mass is 1010 g/mol. The van der Waals surface area contributed by atoms with E-state index in [1.165, 1.54) is 26.7 Å². The zero-order valence-corrected chi connectivity index (χ0v) is 37.7. The molecule has 0 saturated carbocycles. The quantitative estimate of drug-likeness (QED) is 0.118. The number of benzene rings is 5. The van der Waals surface area contributed by atoms with Crippen LogP contribution in [0.2, 0.25) is 17.3 Å². The summed E-state index contributed by atoms with van der Waals surface area (Å²) in [5.74, 6) is 7.05. The van der Waals surface area contributed by atoms with Gasteiger partial charge < -0.3 is 4.57 Å². The second kappa shape index (κ2) is 16.9. The van der Waals surface area contributed by atoms with Crippen LogP contribution in [0, 0.1) is 36.6 Å². The first-order valence-corrected chi connectivity index (χ1v) is 26.5. The summed E-state index contributed by atoms with van der Waals surface area (Å²) >= 11 is -1.99. The van der Waals surface area contributed by atoms with Crippen molar-refractivity contribution in [1.82, 2.24) is 19.5 Å². The molecule has 5 nitrogen and oxygen atoms in total. The van der Waals surface area contributed by atoms with Gasteiger partial charge in [-0.15, -0.1) is 35.9 Å². The maximum absolute atomic E-state index is 15.3. The zero-order chi connectivity index (χ0) is 39.8. The fourth-order valence-corrected chi connectivity index (χ4v) is 10.7. The van der Waals surface area contributed by atoms with E-state index in [0.717, 1.165) is 45.3 Å². The predicted molar refractivity (Wildman–Crippen MR) is 231 cm³/mol. The third-order valence-corrected chi connectivity index (χ3v) is 14.3. The van der Waals surface area contributed by atoms with Crippen LogP contribution < -0.4 is 4.40 Å². The van der Waals surface area contributed by atoms with Crippen LogP contribution >= 0.6 is 0 Å². The smallest absolute Gasteiger partial charge is 0.150 e. The molecule has 9 aromatic rings. The molecule has 0 unspecified atom stereocenters. The average molecular weight is 1010 g/mol. The Morgan fingerprint density at radius 3 is 2.19 bits per heavy atom. The maximum Gasteiger partial charge on any atom is 0.150 e. The van der Waals surface area contributed by atoms with E-state index in [4.69, 9.17) is 9.40 Å². The second-order valence-electron chi connectivity index (χ2n) is 15.8. The summed E-state index contributed by atoms with van der Waals surface area (Å²) in [6.45, 7) is 6.54. The Labute approximate surface area is 353 Å². The van der Waals surface area contributed by atoms with Crippen LogP contribution in [-0.4, -0.2) is 32.8 Å². The van der Waals surface area contributed by atoms with Crippen molar-refractivity contribution in [2.75, 3.05) is 0 Å². The van der Waals surface area contributed by atoms with Gasteiger partial charge in [-0.2, -0.15) is 0 Å². The predicted octanol–water partition coefficient (Wildman–Crippen LogP) is 12.3. The molecule has 0 spiro atoms. The molecule has 293 valence electrons. The molecule has 4 heterocycles. The molecule has 0 saturated heterocycles. The summed E-state index contributed by atoms with van der Waals surface area (Å²) in [5, 5.41) is 2.11. The molecule has 1 radical (unpaired) electrons. The zero-order valence-electron chi connectivity index (χ0n) is 33.2. The van der Waals surface area contributed by atoms with E-state index in [1.54, 1.807) is 12.1 Å². The maximum atomic E-state index is 15.3. The van der Waals surface area contributed by atoms with Crippen LogP contribution in [0.4, 0.5) is 8.78 Å². The SMILES string of the molecule is Cc1ccc2c(n1)oc1c(-c3cc(CC(C)C)[c]([Ge]([CH3])([CH3])[CH3])cn3)[c-]ccc12.Fc1cc(-c2ccccc2)cc(F)c1-n1c(-c2[c-]cccc2)nc2ccccc21.[Ir]. The Kier molecular flexibility index (Phi) is 11.9. The molecule has 0 aliphatic rings. The van der Waals surface area contributed by atoms with Crippen molar-refractivity contribution in [1.29, 1.82) is 0 Å². The third-order valence-electron chi connectivity index (χ3n) is 9.98. The van der Waals surface area contributed by atoms with E-state index in [1.807, 2.05) is 85.8 Å². The fourth-order valence-electron chi connectivity index (χ4n) is 7.36. The van der Waals surface area contributed by atoms with Crippen molar-refractivity contribution in [3.05, 3.63) is 163 Å². The number of aromatic nitrogens is 4. The topological polar surface area (TPSA) is 56.7 Å². The second-order valence-corrected chi connectivity index (χ2v) is 26.3. The van der Waals surface area contributed by atoms with Gasteiger partial charge >= 0.3 is 170 Å². The number of aryl methyl sites for hydroxylation is 1. The Morgan fingerprint density at radius 1 is 0.759 bits per heavy atom. The van der Waals surface area contributed by atoms with Crippen molar-refractivity contribution >= 4 is 50.8 Å². The molecule has 0 amide bonds.